The maximum absolute atomic E-state index is 12.8. The number of nitro groups is 1. The van der Waals surface area contributed by atoms with Crippen molar-refractivity contribution in [3.8, 4) is 0 Å². The van der Waals surface area contributed by atoms with E-state index in [-0.39, 0.29) is 24.3 Å². The highest BCUT2D eigenvalue weighted by Gasteiger charge is 2.14. The molecule has 0 saturated carbocycles. The van der Waals surface area contributed by atoms with Gasteiger partial charge in [0.05, 0.1) is 11.0 Å². The molecule has 0 fully saturated rings. The van der Waals surface area contributed by atoms with Gasteiger partial charge in [0.25, 0.3) is 5.69 Å². The highest BCUT2D eigenvalue weighted by atomic mass is 19.1. The molecule has 0 aromatic heterocycles. The molecule has 6 nitrogen and oxygen atoms in total. The molecular weight excluding hydrogens is 217 g/mol. The van der Waals surface area contributed by atoms with Crippen LogP contribution in [0.4, 0.5) is 15.8 Å². The van der Waals surface area contributed by atoms with Gasteiger partial charge in [-0.15, -0.1) is 0 Å². The van der Waals surface area contributed by atoms with Crippen molar-refractivity contribution in [3.63, 3.8) is 0 Å². The number of primary amides is 1. The van der Waals surface area contributed by atoms with Crippen molar-refractivity contribution >= 4 is 17.3 Å². The quantitative estimate of drug-likeness (QED) is 0.579. The Morgan fingerprint density at radius 2 is 2.25 bits per heavy atom. The van der Waals surface area contributed by atoms with Gasteiger partial charge in [-0.25, -0.2) is 4.39 Å². The van der Waals surface area contributed by atoms with Gasteiger partial charge in [-0.2, -0.15) is 0 Å². The van der Waals surface area contributed by atoms with Crippen LogP contribution in [0.25, 0.3) is 0 Å². The number of carbonyl (C=O) groups excluding carboxylic acids is 1. The Morgan fingerprint density at radius 3 is 2.81 bits per heavy atom. The fourth-order valence-electron chi connectivity index (χ4n) is 1.13. The molecule has 7 heteroatoms. The van der Waals surface area contributed by atoms with Crippen LogP contribution in [0.15, 0.2) is 18.2 Å². The molecule has 0 aliphatic heterocycles. The number of amides is 1. The summed E-state index contributed by atoms with van der Waals surface area (Å²) in [4.78, 5) is 20.3. The molecule has 0 aliphatic carbocycles. The van der Waals surface area contributed by atoms with Gasteiger partial charge in [-0.1, -0.05) is 0 Å². The summed E-state index contributed by atoms with van der Waals surface area (Å²) in [5.74, 6) is -1.20. The number of hydrogen-bond donors (Lipinski definition) is 2. The molecule has 1 rings (SSSR count). The summed E-state index contributed by atoms with van der Waals surface area (Å²) in [6, 6.07) is 3.15. The number of nitrogens with two attached hydrogens (primary N) is 1. The molecule has 0 heterocycles. The molecule has 0 atom stereocenters. The van der Waals surface area contributed by atoms with Crippen LogP contribution in [0.3, 0.4) is 0 Å². The second-order valence-corrected chi connectivity index (χ2v) is 3.06. The number of nitrogens with zero attached hydrogens (tertiary/aromatic N) is 1. The van der Waals surface area contributed by atoms with Crippen molar-refractivity contribution in [2.45, 2.75) is 6.42 Å². The number of carbonyl (C=O) groups is 1. The van der Waals surface area contributed by atoms with Crippen molar-refractivity contribution in [2.75, 3.05) is 11.9 Å². The van der Waals surface area contributed by atoms with E-state index in [2.05, 4.69) is 5.32 Å². The van der Waals surface area contributed by atoms with Crippen LogP contribution in [0.1, 0.15) is 6.42 Å². The first-order valence-electron chi connectivity index (χ1n) is 4.47. The Kier molecular flexibility index (Phi) is 3.76. The zero-order chi connectivity index (χ0) is 12.1. The summed E-state index contributed by atoms with van der Waals surface area (Å²) >= 11 is 0. The fourth-order valence-corrected chi connectivity index (χ4v) is 1.13. The number of benzene rings is 1. The molecule has 3 N–H and O–H groups in total. The second kappa shape index (κ2) is 5.06. The summed E-state index contributed by atoms with van der Waals surface area (Å²) in [6.45, 7) is 0.168. The smallest absolute Gasteiger partial charge is 0.295 e. The lowest BCUT2D eigenvalue weighted by Crippen LogP contribution is -2.16. The van der Waals surface area contributed by atoms with E-state index >= 15 is 0 Å². The van der Waals surface area contributed by atoms with E-state index in [0.717, 1.165) is 12.1 Å². The molecule has 0 bridgehead atoms. The number of anilines is 1. The van der Waals surface area contributed by atoms with E-state index in [0.29, 0.717) is 0 Å². The normalized spacial score (nSPS) is 9.81. The Labute approximate surface area is 90.4 Å². The van der Waals surface area contributed by atoms with Crippen LogP contribution in [0.2, 0.25) is 0 Å². The Hall–Kier alpha value is -2.18. The molecule has 1 amide bonds. The van der Waals surface area contributed by atoms with E-state index in [1.807, 2.05) is 0 Å². The van der Waals surface area contributed by atoms with E-state index in [1.165, 1.54) is 6.07 Å². The minimum Gasteiger partial charge on any atom is -0.379 e. The van der Waals surface area contributed by atoms with Crippen molar-refractivity contribution < 1.29 is 14.1 Å². The highest BCUT2D eigenvalue weighted by molar-refractivity contribution is 5.74. The van der Waals surface area contributed by atoms with Crippen LogP contribution >= 0.6 is 0 Å². The Morgan fingerprint density at radius 1 is 1.56 bits per heavy atom. The minimum atomic E-state index is -0.699. The van der Waals surface area contributed by atoms with Gasteiger partial charge in [0.2, 0.25) is 5.91 Å². The summed E-state index contributed by atoms with van der Waals surface area (Å²) in [5, 5.41) is 13.2. The standard InChI is InChI=1S/C9H10FN3O3/c10-6-1-2-7(8(5-6)13(15)16)12-4-3-9(11)14/h1-2,5,12H,3-4H2,(H2,11,14). The third-order valence-corrected chi connectivity index (χ3v) is 1.84. The van der Waals surface area contributed by atoms with Crippen LogP contribution < -0.4 is 11.1 Å². The predicted molar refractivity (Wildman–Crippen MR) is 55.4 cm³/mol. The molecule has 1 aromatic rings. The zero-order valence-electron chi connectivity index (χ0n) is 8.27. The van der Waals surface area contributed by atoms with Gasteiger partial charge < -0.3 is 11.1 Å². The molecule has 86 valence electrons. The summed E-state index contributed by atoms with van der Waals surface area (Å²) < 4.78 is 12.8. The monoisotopic (exact) mass is 227 g/mol. The maximum Gasteiger partial charge on any atom is 0.295 e. The molecular formula is C9H10FN3O3. The lowest BCUT2D eigenvalue weighted by molar-refractivity contribution is -0.384. The predicted octanol–water partition coefficient (Wildman–Crippen LogP) is 1.02. The molecule has 0 saturated heterocycles. The highest BCUT2D eigenvalue weighted by Crippen LogP contribution is 2.24. The molecule has 1 aromatic carbocycles. The molecule has 16 heavy (non-hydrogen) atoms. The zero-order valence-corrected chi connectivity index (χ0v) is 8.27. The fraction of sp³-hybridized carbons (Fsp3) is 0.222. The van der Waals surface area contributed by atoms with Gasteiger partial charge in [0.1, 0.15) is 11.5 Å². The number of nitrogens with one attached hydrogen (secondary N) is 1. The average Bonchev–Trinajstić information content (AvgIpc) is 2.19. The maximum atomic E-state index is 12.8. The lowest BCUT2D eigenvalue weighted by Gasteiger charge is -2.05. The third-order valence-electron chi connectivity index (χ3n) is 1.84. The van der Waals surface area contributed by atoms with Gasteiger partial charge in [0.15, 0.2) is 0 Å². The number of rotatable bonds is 5. The second-order valence-electron chi connectivity index (χ2n) is 3.06. The van der Waals surface area contributed by atoms with Gasteiger partial charge in [0, 0.05) is 13.0 Å². The van der Waals surface area contributed by atoms with Crippen molar-refractivity contribution in [3.05, 3.63) is 34.1 Å². The largest absolute Gasteiger partial charge is 0.379 e. The summed E-state index contributed by atoms with van der Waals surface area (Å²) in [7, 11) is 0. The first-order valence-corrected chi connectivity index (χ1v) is 4.47. The van der Waals surface area contributed by atoms with Gasteiger partial charge >= 0.3 is 0 Å². The van der Waals surface area contributed by atoms with Gasteiger partial charge in [-0.3, -0.25) is 14.9 Å². The lowest BCUT2D eigenvalue weighted by atomic mass is 10.2. The number of halogens is 1. The summed E-state index contributed by atoms with van der Waals surface area (Å²) in [5.41, 5.74) is 4.69. The molecule has 0 radical (unpaired) electrons. The van der Waals surface area contributed by atoms with E-state index in [1.54, 1.807) is 0 Å². The van der Waals surface area contributed by atoms with E-state index < -0.39 is 16.6 Å². The molecule has 0 unspecified atom stereocenters. The number of hydrogen-bond acceptors (Lipinski definition) is 4. The first kappa shape index (κ1) is 11.9. The van der Waals surface area contributed by atoms with Gasteiger partial charge in [-0.05, 0) is 12.1 Å². The van der Waals surface area contributed by atoms with Crippen LogP contribution in [-0.2, 0) is 4.79 Å². The SMILES string of the molecule is NC(=O)CCNc1ccc(F)cc1[N+](=O)[O-]. The Bertz CT molecular complexity index is 422. The number of nitro benzene ring substituents is 1. The molecule has 0 aliphatic rings. The minimum absolute atomic E-state index is 0.0501. The topological polar surface area (TPSA) is 98.3 Å². The third kappa shape index (κ3) is 3.19. The van der Waals surface area contributed by atoms with Crippen molar-refractivity contribution in [1.29, 1.82) is 0 Å². The first-order chi connectivity index (χ1) is 7.50. The Balaban J connectivity index is 2.78. The van der Waals surface area contributed by atoms with E-state index in [4.69, 9.17) is 5.73 Å². The van der Waals surface area contributed by atoms with E-state index in [9.17, 15) is 19.3 Å². The van der Waals surface area contributed by atoms with Crippen molar-refractivity contribution in [1.82, 2.24) is 0 Å². The van der Waals surface area contributed by atoms with Crippen LogP contribution in [0.5, 0.6) is 0 Å². The van der Waals surface area contributed by atoms with Crippen LogP contribution in [-0.4, -0.2) is 17.4 Å². The van der Waals surface area contributed by atoms with Crippen LogP contribution in [0, 0.1) is 15.9 Å². The molecule has 0 spiro atoms. The van der Waals surface area contributed by atoms with Crippen molar-refractivity contribution in [2.24, 2.45) is 5.73 Å². The summed E-state index contributed by atoms with van der Waals surface area (Å²) in [6.07, 6.45) is 0.0501. The average molecular weight is 227 g/mol.